The van der Waals surface area contributed by atoms with Gasteiger partial charge in [-0.2, -0.15) is 0 Å². The van der Waals surface area contributed by atoms with Crippen LogP contribution in [0.15, 0.2) is 0 Å². The Labute approximate surface area is 135 Å². The van der Waals surface area contributed by atoms with Crippen LogP contribution in [0.5, 0.6) is 0 Å². The Morgan fingerprint density at radius 1 is 0.864 bits per heavy atom. The van der Waals surface area contributed by atoms with Crippen LogP contribution in [0.3, 0.4) is 0 Å². The molecular formula is C18H34O4. The molecule has 0 fully saturated rings. The van der Waals surface area contributed by atoms with E-state index < -0.39 is 11.4 Å². The standard InChI is InChI=1S/C18H34O4/c1-14(19)17(2,3)12-8-6-10-15(20)11-7-9-13-18(4,5)16(21)22/h15,20H,6-13H2,1-5H3,(H,21,22). The summed E-state index contributed by atoms with van der Waals surface area (Å²) >= 11 is 0. The Morgan fingerprint density at radius 3 is 1.64 bits per heavy atom. The van der Waals surface area contributed by atoms with Crippen LogP contribution in [0.25, 0.3) is 0 Å². The number of hydrogen-bond donors (Lipinski definition) is 2. The highest BCUT2D eigenvalue weighted by atomic mass is 16.4. The number of unbranched alkanes of at least 4 members (excludes halogenated alkanes) is 2. The van der Waals surface area contributed by atoms with E-state index in [1.54, 1.807) is 20.8 Å². The summed E-state index contributed by atoms with van der Waals surface area (Å²) in [5, 5.41) is 19.0. The van der Waals surface area contributed by atoms with E-state index in [1.807, 2.05) is 13.8 Å². The highest BCUT2D eigenvalue weighted by Gasteiger charge is 2.26. The first-order valence-corrected chi connectivity index (χ1v) is 8.41. The fraction of sp³-hybridized carbons (Fsp3) is 0.889. The van der Waals surface area contributed by atoms with Crippen molar-refractivity contribution in [2.75, 3.05) is 0 Å². The van der Waals surface area contributed by atoms with Gasteiger partial charge in [0.25, 0.3) is 0 Å². The number of carboxylic acids is 1. The van der Waals surface area contributed by atoms with Crippen LogP contribution in [0.2, 0.25) is 0 Å². The molecule has 0 heterocycles. The van der Waals surface area contributed by atoms with Gasteiger partial charge >= 0.3 is 5.97 Å². The van der Waals surface area contributed by atoms with Gasteiger partial charge < -0.3 is 10.2 Å². The SMILES string of the molecule is CC(=O)C(C)(C)CCCCC(O)CCCCC(C)(C)C(=O)O. The smallest absolute Gasteiger partial charge is 0.309 e. The lowest BCUT2D eigenvalue weighted by molar-refractivity contribution is -0.147. The Bertz CT molecular complexity index is 324. The molecule has 1 atom stereocenters. The van der Waals surface area contributed by atoms with Crippen molar-refractivity contribution in [3.63, 3.8) is 0 Å². The van der Waals surface area contributed by atoms with Crippen LogP contribution in [-0.4, -0.2) is 28.1 Å². The largest absolute Gasteiger partial charge is 0.481 e. The summed E-state index contributed by atoms with van der Waals surface area (Å²) in [4.78, 5) is 22.4. The van der Waals surface area contributed by atoms with Crippen LogP contribution >= 0.6 is 0 Å². The number of rotatable bonds is 12. The summed E-state index contributed by atoms with van der Waals surface area (Å²) < 4.78 is 0. The van der Waals surface area contributed by atoms with Gasteiger partial charge in [-0.15, -0.1) is 0 Å². The summed E-state index contributed by atoms with van der Waals surface area (Å²) in [6.07, 6.45) is 6.25. The fourth-order valence-corrected chi connectivity index (χ4v) is 2.32. The third-order valence-corrected chi connectivity index (χ3v) is 4.71. The van der Waals surface area contributed by atoms with Crippen LogP contribution in [0, 0.1) is 10.8 Å². The highest BCUT2D eigenvalue weighted by Crippen LogP contribution is 2.26. The predicted molar refractivity (Wildman–Crippen MR) is 88.8 cm³/mol. The summed E-state index contributed by atoms with van der Waals surface area (Å²) in [6.45, 7) is 9.05. The van der Waals surface area contributed by atoms with Crippen molar-refractivity contribution in [2.24, 2.45) is 10.8 Å². The molecule has 0 aromatic heterocycles. The number of carboxylic acid groups (broad SMARTS) is 1. The molecule has 2 N–H and O–H groups in total. The van der Waals surface area contributed by atoms with Crippen LogP contribution in [-0.2, 0) is 9.59 Å². The lowest BCUT2D eigenvalue weighted by Gasteiger charge is -2.21. The molecule has 0 radical (unpaired) electrons. The van der Waals surface area contributed by atoms with E-state index in [-0.39, 0.29) is 17.3 Å². The van der Waals surface area contributed by atoms with Gasteiger partial charge in [-0.05, 0) is 46.5 Å². The molecule has 130 valence electrons. The molecule has 0 aliphatic heterocycles. The molecule has 4 nitrogen and oxygen atoms in total. The van der Waals surface area contributed by atoms with Crippen molar-refractivity contribution >= 4 is 11.8 Å². The average molecular weight is 314 g/mol. The molecule has 4 heteroatoms. The molecule has 0 aliphatic rings. The zero-order valence-electron chi connectivity index (χ0n) is 14.9. The van der Waals surface area contributed by atoms with Gasteiger partial charge in [0.05, 0.1) is 11.5 Å². The zero-order valence-corrected chi connectivity index (χ0v) is 14.9. The number of carbonyl (C=O) groups is 2. The van der Waals surface area contributed by atoms with Crippen molar-refractivity contribution in [3.8, 4) is 0 Å². The van der Waals surface area contributed by atoms with E-state index in [0.29, 0.717) is 6.42 Å². The second-order valence-corrected chi connectivity index (χ2v) is 7.77. The van der Waals surface area contributed by atoms with Crippen molar-refractivity contribution < 1.29 is 19.8 Å². The zero-order chi connectivity index (χ0) is 17.4. The maximum Gasteiger partial charge on any atom is 0.309 e. The first-order valence-electron chi connectivity index (χ1n) is 8.41. The molecule has 0 saturated heterocycles. The lowest BCUT2D eigenvalue weighted by Crippen LogP contribution is -2.23. The molecule has 0 bridgehead atoms. The summed E-state index contributed by atoms with van der Waals surface area (Å²) in [5.74, 6) is -0.546. The van der Waals surface area contributed by atoms with E-state index in [9.17, 15) is 14.7 Å². The lowest BCUT2D eigenvalue weighted by atomic mass is 9.83. The van der Waals surface area contributed by atoms with Crippen molar-refractivity contribution in [1.82, 2.24) is 0 Å². The minimum absolute atomic E-state index is 0.217. The highest BCUT2D eigenvalue weighted by molar-refractivity contribution is 5.81. The Hall–Kier alpha value is -0.900. The van der Waals surface area contributed by atoms with Crippen molar-refractivity contribution in [3.05, 3.63) is 0 Å². The number of aliphatic hydroxyl groups is 1. The second kappa shape index (κ2) is 9.29. The molecule has 0 amide bonds. The number of ketones is 1. The predicted octanol–water partition coefficient (Wildman–Crippen LogP) is 4.19. The Balaban J connectivity index is 3.73. The van der Waals surface area contributed by atoms with Gasteiger partial charge in [0.2, 0.25) is 0 Å². The minimum Gasteiger partial charge on any atom is -0.481 e. The van der Waals surface area contributed by atoms with Gasteiger partial charge in [0.1, 0.15) is 5.78 Å². The Kier molecular flexibility index (Phi) is 8.91. The van der Waals surface area contributed by atoms with Gasteiger partial charge in [0.15, 0.2) is 0 Å². The molecule has 0 aromatic carbocycles. The molecule has 0 spiro atoms. The normalized spacial score (nSPS) is 13.9. The maximum absolute atomic E-state index is 11.4. The molecule has 0 aromatic rings. The molecule has 22 heavy (non-hydrogen) atoms. The summed E-state index contributed by atoms with van der Waals surface area (Å²) in [7, 11) is 0. The fourth-order valence-electron chi connectivity index (χ4n) is 2.32. The van der Waals surface area contributed by atoms with E-state index in [4.69, 9.17) is 5.11 Å². The molecular weight excluding hydrogens is 280 g/mol. The molecule has 0 aliphatic carbocycles. The first kappa shape index (κ1) is 21.1. The number of aliphatic carboxylic acids is 1. The summed E-state index contributed by atoms with van der Waals surface area (Å²) in [5.41, 5.74) is -0.934. The van der Waals surface area contributed by atoms with E-state index >= 15 is 0 Å². The monoisotopic (exact) mass is 314 g/mol. The van der Waals surface area contributed by atoms with Gasteiger partial charge in [-0.1, -0.05) is 39.5 Å². The van der Waals surface area contributed by atoms with Gasteiger partial charge in [-0.3, -0.25) is 9.59 Å². The number of Topliss-reactive ketones (excluding diaryl/α,β-unsaturated/α-hetero) is 1. The van der Waals surface area contributed by atoms with Crippen molar-refractivity contribution in [1.29, 1.82) is 0 Å². The topological polar surface area (TPSA) is 74.6 Å². The average Bonchev–Trinajstić information content (AvgIpc) is 2.39. The maximum atomic E-state index is 11.4. The van der Waals surface area contributed by atoms with Crippen LogP contribution < -0.4 is 0 Å². The van der Waals surface area contributed by atoms with Gasteiger partial charge in [-0.25, -0.2) is 0 Å². The number of carbonyl (C=O) groups excluding carboxylic acids is 1. The minimum atomic E-state index is -0.763. The molecule has 1 unspecified atom stereocenters. The van der Waals surface area contributed by atoms with E-state index in [1.165, 1.54) is 0 Å². The third kappa shape index (κ3) is 8.52. The summed E-state index contributed by atoms with van der Waals surface area (Å²) in [6, 6.07) is 0. The van der Waals surface area contributed by atoms with E-state index in [0.717, 1.165) is 44.9 Å². The van der Waals surface area contributed by atoms with Crippen molar-refractivity contribution in [2.45, 2.75) is 92.1 Å². The molecule has 0 saturated carbocycles. The second-order valence-electron chi connectivity index (χ2n) is 7.77. The van der Waals surface area contributed by atoms with Crippen LogP contribution in [0.1, 0.15) is 86.0 Å². The molecule has 0 rings (SSSR count). The number of hydrogen-bond acceptors (Lipinski definition) is 3. The Morgan fingerprint density at radius 2 is 1.27 bits per heavy atom. The van der Waals surface area contributed by atoms with E-state index in [2.05, 4.69) is 0 Å². The first-order chi connectivity index (χ1) is 9.99. The number of aliphatic hydroxyl groups excluding tert-OH is 1. The van der Waals surface area contributed by atoms with Crippen LogP contribution in [0.4, 0.5) is 0 Å². The third-order valence-electron chi connectivity index (χ3n) is 4.71. The quantitative estimate of drug-likeness (QED) is 0.530. The van der Waals surface area contributed by atoms with Gasteiger partial charge in [0, 0.05) is 5.41 Å².